The highest BCUT2D eigenvalue weighted by molar-refractivity contribution is 5.77. The van der Waals surface area contributed by atoms with Crippen LogP contribution >= 0.6 is 0 Å². The van der Waals surface area contributed by atoms with Crippen molar-refractivity contribution in [2.24, 2.45) is 0 Å². The minimum absolute atomic E-state index is 0.320. The zero-order chi connectivity index (χ0) is 31.1. The number of ether oxygens (including phenoxy) is 3. The first-order valence-electron chi connectivity index (χ1n) is 16.1. The first-order chi connectivity index (χ1) is 19.6. The first kappa shape index (κ1) is 40.8. The fraction of sp³-hybridized carbons (Fsp3) is 0.875. The van der Waals surface area contributed by atoms with E-state index in [1.807, 2.05) is 0 Å². The average Bonchev–Trinajstić information content (AvgIpc) is 2.89. The van der Waals surface area contributed by atoms with Gasteiger partial charge in [-0.1, -0.05) is 117 Å². The van der Waals surface area contributed by atoms with Gasteiger partial charge in [-0.2, -0.15) is 0 Å². The Bertz CT molecular complexity index is 593. The fourth-order valence-corrected chi connectivity index (χ4v) is 3.84. The Balaban J connectivity index is 0. The van der Waals surface area contributed by atoms with Crippen molar-refractivity contribution in [3.05, 3.63) is 0 Å². The van der Waals surface area contributed by atoms with E-state index in [4.69, 9.17) is 0 Å². The lowest BCUT2D eigenvalue weighted by molar-refractivity contribution is -0.259. The molecule has 0 aliphatic rings. The van der Waals surface area contributed by atoms with Crippen LogP contribution in [-0.2, 0) is 33.6 Å². The van der Waals surface area contributed by atoms with Gasteiger partial charge in [0.2, 0.25) is 0 Å². The summed E-state index contributed by atoms with van der Waals surface area (Å²) >= 11 is 0. The molecule has 0 saturated heterocycles. The summed E-state index contributed by atoms with van der Waals surface area (Å²) in [4.78, 5) is 53.8. The number of hydrogen-bond acceptors (Lipinski definition) is 9. The molecule has 0 aromatic heterocycles. The Morgan fingerprint density at radius 2 is 0.707 bits per heavy atom. The van der Waals surface area contributed by atoms with Crippen molar-refractivity contribution in [1.82, 2.24) is 0 Å². The zero-order valence-corrected chi connectivity index (χ0v) is 27.0. The lowest BCUT2D eigenvalue weighted by Gasteiger charge is -2.08. The molecule has 0 amide bonds. The lowest BCUT2D eigenvalue weighted by Crippen LogP contribution is -2.20. The second kappa shape index (κ2) is 30.6. The maximum Gasteiger partial charge on any atom is 0.518 e. The van der Waals surface area contributed by atoms with Gasteiger partial charge in [-0.3, -0.25) is 0 Å². The Kier molecular flexibility index (Phi) is 30.5. The van der Waals surface area contributed by atoms with E-state index in [0.717, 1.165) is 38.5 Å². The maximum atomic E-state index is 11.6. The van der Waals surface area contributed by atoms with Gasteiger partial charge in [0, 0.05) is 0 Å². The van der Waals surface area contributed by atoms with Crippen molar-refractivity contribution in [1.29, 1.82) is 0 Å². The largest absolute Gasteiger partial charge is 0.518 e. The predicted octanol–water partition coefficient (Wildman–Crippen LogP) is 9.92. The smallest absolute Gasteiger partial charge is 0.431 e. The highest BCUT2D eigenvalue weighted by Gasteiger charge is 2.15. The van der Waals surface area contributed by atoms with Crippen LogP contribution < -0.4 is 0 Å². The van der Waals surface area contributed by atoms with Gasteiger partial charge < -0.3 is 14.2 Å². The van der Waals surface area contributed by atoms with E-state index in [0.29, 0.717) is 12.8 Å². The molecule has 0 aliphatic heterocycles. The molecule has 0 spiro atoms. The van der Waals surface area contributed by atoms with Gasteiger partial charge in [-0.25, -0.2) is 29.0 Å². The number of unbranched alkanes of at least 4 members (excludes halogenated alkanes) is 16. The van der Waals surface area contributed by atoms with Crippen molar-refractivity contribution in [3.8, 4) is 0 Å². The zero-order valence-electron chi connectivity index (χ0n) is 27.0. The molecule has 0 aromatic carbocycles. The van der Waals surface area contributed by atoms with Gasteiger partial charge in [0.05, 0.1) is 25.0 Å². The van der Waals surface area contributed by atoms with Crippen LogP contribution in [0.15, 0.2) is 0 Å². The van der Waals surface area contributed by atoms with E-state index in [2.05, 4.69) is 37.8 Å². The van der Waals surface area contributed by atoms with Crippen LogP contribution in [0.4, 0.5) is 9.59 Å². The molecule has 0 atom stereocenters. The second-order valence-corrected chi connectivity index (χ2v) is 11.0. The molecule has 0 N–H and O–H groups in total. The molecule has 0 aliphatic carbocycles. The molecule has 242 valence electrons. The molecular formula is C32H60O9. The minimum Gasteiger partial charge on any atom is -0.431 e. The number of carbonyl (C=O) groups excluding carboxylic acids is 4. The molecule has 41 heavy (non-hydrogen) atoms. The molecule has 0 radical (unpaired) electrons. The van der Waals surface area contributed by atoms with Gasteiger partial charge in [0.25, 0.3) is 0 Å². The van der Waals surface area contributed by atoms with Crippen molar-refractivity contribution in [2.75, 3.05) is 0 Å². The summed E-state index contributed by atoms with van der Waals surface area (Å²) in [5, 5.41) is 0. The van der Waals surface area contributed by atoms with Crippen molar-refractivity contribution in [2.45, 2.75) is 182 Å². The third-order valence-corrected chi connectivity index (χ3v) is 6.03. The Hall–Kier alpha value is -2.32. The van der Waals surface area contributed by atoms with Crippen molar-refractivity contribution < 1.29 is 43.2 Å². The average molecular weight is 589 g/mol. The second-order valence-electron chi connectivity index (χ2n) is 11.0. The van der Waals surface area contributed by atoms with Gasteiger partial charge in [-0.05, 0) is 40.5 Å². The van der Waals surface area contributed by atoms with Crippen molar-refractivity contribution in [3.63, 3.8) is 0 Å². The summed E-state index contributed by atoms with van der Waals surface area (Å²) in [6, 6.07) is 0. The van der Waals surface area contributed by atoms with Crippen LogP contribution in [0.5, 0.6) is 0 Å². The van der Waals surface area contributed by atoms with E-state index in [9.17, 15) is 19.2 Å². The predicted molar refractivity (Wildman–Crippen MR) is 160 cm³/mol. The Morgan fingerprint density at radius 3 is 0.976 bits per heavy atom. The maximum absolute atomic E-state index is 11.6. The molecule has 9 nitrogen and oxygen atoms in total. The van der Waals surface area contributed by atoms with Crippen LogP contribution in [0.2, 0.25) is 0 Å². The molecule has 0 saturated carbocycles. The minimum atomic E-state index is -1.04. The number of carbonyl (C=O) groups is 4. The van der Waals surface area contributed by atoms with E-state index < -0.39 is 24.2 Å². The SMILES string of the molecule is CC(C)OC(=O)OC(=O)OC(C)C.CCCCCCCCCCCC(=O)OOC(=O)CCCCCCCCCCC. The number of rotatable bonds is 22. The molecule has 0 unspecified atom stereocenters. The quantitative estimate of drug-likeness (QED) is 0.0400. The van der Waals surface area contributed by atoms with Crippen LogP contribution in [0.1, 0.15) is 170 Å². The van der Waals surface area contributed by atoms with Crippen LogP contribution in [0.3, 0.4) is 0 Å². The third-order valence-electron chi connectivity index (χ3n) is 6.03. The van der Waals surface area contributed by atoms with E-state index in [1.165, 1.54) is 77.0 Å². The monoisotopic (exact) mass is 588 g/mol. The Morgan fingerprint density at radius 1 is 0.439 bits per heavy atom. The van der Waals surface area contributed by atoms with E-state index in [-0.39, 0.29) is 12.2 Å². The van der Waals surface area contributed by atoms with Crippen molar-refractivity contribution >= 4 is 24.2 Å². The summed E-state index contributed by atoms with van der Waals surface area (Å²) in [6.07, 6.45) is 19.6. The normalized spacial score (nSPS) is 10.5. The summed E-state index contributed by atoms with van der Waals surface area (Å²) in [5.74, 6) is -0.855. The standard InChI is InChI=1S/C24H46O4.C8H14O5/c1-3-5-7-9-11-13-15-17-19-21-23(25)27-28-24(26)22-20-18-16-14-12-10-8-6-4-2;1-5(2)11-7(9)13-8(10)12-6(3)4/h3-22H2,1-2H3;5-6H,1-4H3. The molecular weight excluding hydrogens is 528 g/mol. The van der Waals surface area contributed by atoms with E-state index >= 15 is 0 Å². The topological polar surface area (TPSA) is 114 Å². The third kappa shape index (κ3) is 35.7. The van der Waals surface area contributed by atoms with Crippen LogP contribution in [0.25, 0.3) is 0 Å². The van der Waals surface area contributed by atoms with Crippen LogP contribution in [0, 0.1) is 0 Å². The van der Waals surface area contributed by atoms with E-state index in [1.54, 1.807) is 27.7 Å². The molecule has 0 rings (SSSR count). The van der Waals surface area contributed by atoms with Crippen LogP contribution in [-0.4, -0.2) is 36.5 Å². The van der Waals surface area contributed by atoms with Gasteiger partial charge >= 0.3 is 24.2 Å². The van der Waals surface area contributed by atoms with Gasteiger partial charge in [-0.15, -0.1) is 0 Å². The number of hydrogen-bond donors (Lipinski definition) is 0. The molecule has 9 heteroatoms. The molecule has 0 fully saturated rings. The summed E-state index contributed by atoms with van der Waals surface area (Å²) in [6.45, 7) is 11.1. The Labute approximate surface area is 249 Å². The first-order valence-corrected chi connectivity index (χ1v) is 16.1. The molecule has 0 heterocycles. The van der Waals surface area contributed by atoms with Gasteiger partial charge in [0.15, 0.2) is 0 Å². The fourth-order valence-electron chi connectivity index (χ4n) is 3.84. The molecule has 0 aromatic rings. The summed E-state index contributed by atoms with van der Waals surface area (Å²) in [5.41, 5.74) is 0. The lowest BCUT2D eigenvalue weighted by atomic mass is 10.1. The highest BCUT2D eigenvalue weighted by atomic mass is 17.2. The summed E-state index contributed by atoms with van der Waals surface area (Å²) in [7, 11) is 0. The highest BCUT2D eigenvalue weighted by Crippen LogP contribution is 2.12. The molecule has 0 bridgehead atoms. The van der Waals surface area contributed by atoms with Gasteiger partial charge in [0.1, 0.15) is 0 Å². The summed E-state index contributed by atoms with van der Waals surface area (Å²) < 4.78 is 13.2.